The number of carbonyl (C=O) groups is 3. The van der Waals surface area contributed by atoms with Crippen LogP contribution in [-0.2, 0) is 16.0 Å². The van der Waals surface area contributed by atoms with Crippen molar-refractivity contribution in [3.05, 3.63) is 119 Å². The molecule has 8 nitrogen and oxygen atoms in total. The maximum absolute atomic E-state index is 13.2. The molecule has 0 saturated carbocycles. The number of para-hydroxylation sites is 2. The van der Waals surface area contributed by atoms with Gasteiger partial charge in [-0.05, 0) is 60.5 Å². The van der Waals surface area contributed by atoms with E-state index in [1.54, 1.807) is 48.5 Å². The Morgan fingerprint density at radius 3 is 2.24 bits per heavy atom. The van der Waals surface area contributed by atoms with Crippen molar-refractivity contribution < 1.29 is 14.4 Å². The Bertz CT molecular complexity index is 1410. The summed E-state index contributed by atoms with van der Waals surface area (Å²) in [5.41, 5.74) is 8.88. The third-order valence-corrected chi connectivity index (χ3v) is 5.97. The lowest BCUT2D eigenvalue weighted by Crippen LogP contribution is -2.37. The zero-order chi connectivity index (χ0) is 26.9. The van der Waals surface area contributed by atoms with Crippen LogP contribution in [0.5, 0.6) is 0 Å². The second-order valence-corrected chi connectivity index (χ2v) is 8.93. The van der Waals surface area contributed by atoms with E-state index in [1.807, 2.05) is 30.3 Å². The standard InChI is InChI=1S/C29H26ClN5O3/c30-21-12-14-22(15-13-21)33-29(38)27(35-26(36)17-10-19-6-2-1-3-7-19)25-16-11-20(18-32-25)28(37)34-24-9-5-4-8-23(24)31/h1-9,11-16,18,27H,10,17,31H2,(H,33,38)(H,34,37)(H,35,36). The van der Waals surface area contributed by atoms with Gasteiger partial charge >= 0.3 is 0 Å². The Labute approximate surface area is 225 Å². The highest BCUT2D eigenvalue weighted by Gasteiger charge is 2.25. The molecule has 4 rings (SSSR count). The first-order valence-corrected chi connectivity index (χ1v) is 12.3. The van der Waals surface area contributed by atoms with Gasteiger partial charge in [0.25, 0.3) is 11.8 Å². The SMILES string of the molecule is Nc1ccccc1NC(=O)c1ccc(C(NC(=O)CCc2ccccc2)C(=O)Nc2ccc(Cl)cc2)nc1. The molecule has 0 radical (unpaired) electrons. The lowest BCUT2D eigenvalue weighted by molar-refractivity contribution is -0.126. The van der Waals surface area contributed by atoms with Crippen LogP contribution in [0.25, 0.3) is 0 Å². The average Bonchev–Trinajstić information content (AvgIpc) is 2.93. The van der Waals surface area contributed by atoms with E-state index in [-0.39, 0.29) is 23.6 Å². The summed E-state index contributed by atoms with van der Waals surface area (Å²) in [6.45, 7) is 0. The number of nitrogens with one attached hydrogen (secondary N) is 3. The predicted octanol–water partition coefficient (Wildman–Crippen LogP) is 5.00. The molecule has 3 amide bonds. The van der Waals surface area contributed by atoms with Gasteiger partial charge in [-0.3, -0.25) is 19.4 Å². The van der Waals surface area contributed by atoms with E-state index in [0.717, 1.165) is 5.56 Å². The fourth-order valence-corrected chi connectivity index (χ4v) is 3.80. The van der Waals surface area contributed by atoms with Gasteiger partial charge in [-0.15, -0.1) is 0 Å². The van der Waals surface area contributed by atoms with E-state index < -0.39 is 17.9 Å². The zero-order valence-electron chi connectivity index (χ0n) is 20.4. The van der Waals surface area contributed by atoms with Crippen LogP contribution in [0.4, 0.5) is 17.1 Å². The van der Waals surface area contributed by atoms with Crippen molar-refractivity contribution in [2.75, 3.05) is 16.4 Å². The average molecular weight is 528 g/mol. The predicted molar refractivity (Wildman–Crippen MR) is 149 cm³/mol. The van der Waals surface area contributed by atoms with Gasteiger partial charge in [-0.25, -0.2) is 0 Å². The van der Waals surface area contributed by atoms with Crippen LogP contribution in [0.1, 0.15) is 34.1 Å². The molecule has 5 N–H and O–H groups in total. The highest BCUT2D eigenvalue weighted by atomic mass is 35.5. The van der Waals surface area contributed by atoms with E-state index in [1.165, 1.54) is 18.3 Å². The van der Waals surface area contributed by atoms with Crippen LogP contribution < -0.4 is 21.7 Å². The van der Waals surface area contributed by atoms with E-state index in [0.29, 0.717) is 28.5 Å². The molecular formula is C29H26ClN5O3. The van der Waals surface area contributed by atoms with Gasteiger partial charge in [0.2, 0.25) is 5.91 Å². The fraction of sp³-hybridized carbons (Fsp3) is 0.103. The minimum Gasteiger partial charge on any atom is -0.397 e. The van der Waals surface area contributed by atoms with Crippen LogP contribution in [-0.4, -0.2) is 22.7 Å². The van der Waals surface area contributed by atoms with Gasteiger partial charge in [-0.2, -0.15) is 0 Å². The molecule has 1 atom stereocenters. The van der Waals surface area contributed by atoms with E-state index in [9.17, 15) is 14.4 Å². The number of carbonyl (C=O) groups excluding carboxylic acids is 3. The number of hydrogen-bond acceptors (Lipinski definition) is 5. The normalized spacial score (nSPS) is 11.3. The van der Waals surface area contributed by atoms with E-state index >= 15 is 0 Å². The summed E-state index contributed by atoms with van der Waals surface area (Å²) < 4.78 is 0. The number of rotatable bonds is 9. The van der Waals surface area contributed by atoms with Crippen molar-refractivity contribution >= 4 is 46.4 Å². The molecule has 1 heterocycles. The molecule has 1 aromatic heterocycles. The Hall–Kier alpha value is -4.69. The number of amides is 3. The smallest absolute Gasteiger partial charge is 0.257 e. The molecule has 1 unspecified atom stereocenters. The molecule has 9 heteroatoms. The molecule has 0 aliphatic carbocycles. The second-order valence-electron chi connectivity index (χ2n) is 8.50. The summed E-state index contributed by atoms with van der Waals surface area (Å²) in [4.78, 5) is 43.0. The van der Waals surface area contributed by atoms with Gasteiger partial charge in [0.1, 0.15) is 0 Å². The molecule has 38 heavy (non-hydrogen) atoms. The molecular weight excluding hydrogens is 502 g/mol. The Morgan fingerprint density at radius 1 is 0.842 bits per heavy atom. The fourth-order valence-electron chi connectivity index (χ4n) is 3.67. The maximum atomic E-state index is 13.2. The number of pyridine rings is 1. The molecule has 0 spiro atoms. The maximum Gasteiger partial charge on any atom is 0.257 e. The van der Waals surface area contributed by atoms with Gasteiger partial charge in [0.15, 0.2) is 6.04 Å². The first kappa shape index (κ1) is 26.4. The second kappa shape index (κ2) is 12.5. The molecule has 0 aliphatic heterocycles. The van der Waals surface area contributed by atoms with Crippen LogP contribution in [0.2, 0.25) is 5.02 Å². The lowest BCUT2D eigenvalue weighted by atomic mass is 10.1. The number of aryl methyl sites for hydroxylation is 1. The molecule has 4 aromatic rings. The zero-order valence-corrected chi connectivity index (χ0v) is 21.1. The summed E-state index contributed by atoms with van der Waals surface area (Å²) in [6, 6.07) is 25.1. The summed E-state index contributed by atoms with van der Waals surface area (Å²) in [5, 5.41) is 8.82. The van der Waals surface area contributed by atoms with Gasteiger partial charge in [0.05, 0.1) is 22.6 Å². The first-order valence-electron chi connectivity index (χ1n) is 11.9. The van der Waals surface area contributed by atoms with Crippen molar-refractivity contribution in [3.63, 3.8) is 0 Å². The number of anilines is 3. The van der Waals surface area contributed by atoms with Gasteiger partial charge in [-0.1, -0.05) is 54.1 Å². The first-order chi connectivity index (χ1) is 18.4. The van der Waals surface area contributed by atoms with Crippen molar-refractivity contribution in [2.24, 2.45) is 0 Å². The Balaban J connectivity index is 1.50. The molecule has 0 fully saturated rings. The molecule has 0 bridgehead atoms. The van der Waals surface area contributed by atoms with Crippen molar-refractivity contribution in [1.82, 2.24) is 10.3 Å². The topological polar surface area (TPSA) is 126 Å². The van der Waals surface area contributed by atoms with Gasteiger partial charge < -0.3 is 21.7 Å². The lowest BCUT2D eigenvalue weighted by Gasteiger charge is -2.19. The van der Waals surface area contributed by atoms with E-state index in [2.05, 4.69) is 20.9 Å². The summed E-state index contributed by atoms with van der Waals surface area (Å²) >= 11 is 5.94. The summed E-state index contributed by atoms with van der Waals surface area (Å²) in [5.74, 6) is -1.20. The Kier molecular flexibility index (Phi) is 8.69. The number of halogens is 1. The minimum atomic E-state index is -1.09. The number of aromatic nitrogens is 1. The summed E-state index contributed by atoms with van der Waals surface area (Å²) in [7, 11) is 0. The number of nitrogen functional groups attached to an aromatic ring is 1. The number of benzene rings is 3. The number of nitrogens with zero attached hydrogens (tertiary/aromatic N) is 1. The number of hydrogen-bond donors (Lipinski definition) is 4. The number of nitrogens with two attached hydrogens (primary N) is 1. The molecule has 0 saturated heterocycles. The van der Waals surface area contributed by atoms with Gasteiger partial charge in [0, 0.05) is 23.3 Å². The third-order valence-electron chi connectivity index (χ3n) is 5.72. The Morgan fingerprint density at radius 2 is 1.55 bits per heavy atom. The molecule has 0 aliphatic rings. The molecule has 192 valence electrons. The molecule has 3 aromatic carbocycles. The van der Waals surface area contributed by atoms with Crippen molar-refractivity contribution in [1.29, 1.82) is 0 Å². The highest BCUT2D eigenvalue weighted by molar-refractivity contribution is 6.30. The highest BCUT2D eigenvalue weighted by Crippen LogP contribution is 2.20. The minimum absolute atomic E-state index is 0.188. The van der Waals surface area contributed by atoms with Crippen LogP contribution in [0.15, 0.2) is 97.2 Å². The third kappa shape index (κ3) is 7.18. The largest absolute Gasteiger partial charge is 0.397 e. The van der Waals surface area contributed by atoms with Crippen LogP contribution in [0, 0.1) is 0 Å². The van der Waals surface area contributed by atoms with Crippen molar-refractivity contribution in [2.45, 2.75) is 18.9 Å². The quantitative estimate of drug-likeness (QED) is 0.228. The summed E-state index contributed by atoms with van der Waals surface area (Å²) in [6.07, 6.45) is 2.06. The van der Waals surface area contributed by atoms with Crippen LogP contribution >= 0.6 is 11.6 Å². The monoisotopic (exact) mass is 527 g/mol. The van der Waals surface area contributed by atoms with Crippen LogP contribution in [0.3, 0.4) is 0 Å². The van der Waals surface area contributed by atoms with E-state index in [4.69, 9.17) is 17.3 Å². The van der Waals surface area contributed by atoms with Crippen molar-refractivity contribution in [3.8, 4) is 0 Å².